The Bertz CT molecular complexity index is 292. The van der Waals surface area contributed by atoms with Crippen molar-refractivity contribution >= 4 is 0 Å². The number of ether oxygens (including phenoxy) is 1. The summed E-state index contributed by atoms with van der Waals surface area (Å²) in [5, 5.41) is 3.48. The molecule has 2 heterocycles. The van der Waals surface area contributed by atoms with Gasteiger partial charge in [0.25, 0.3) is 0 Å². The fraction of sp³-hybridized carbons (Fsp3) is 0.727. The van der Waals surface area contributed by atoms with Crippen LogP contribution in [0.2, 0.25) is 0 Å². The van der Waals surface area contributed by atoms with Crippen LogP contribution in [0.15, 0.2) is 12.5 Å². The van der Waals surface area contributed by atoms with Crippen LogP contribution in [0.5, 0.6) is 0 Å². The normalized spacial score (nSPS) is 18.2. The van der Waals surface area contributed by atoms with Crippen LogP contribution in [-0.4, -0.2) is 29.3 Å². The van der Waals surface area contributed by atoms with E-state index in [1.807, 2.05) is 19.6 Å². The Balaban J connectivity index is 1.68. The standard InChI is InChI=1S/C11H19N3O/c1-14-9-13-8-11(14)7-12-6-10-2-4-15-5-3-10/h8-10,12H,2-7H2,1H3. The number of nitrogens with one attached hydrogen (secondary N) is 1. The molecule has 4 nitrogen and oxygen atoms in total. The molecule has 4 heteroatoms. The van der Waals surface area contributed by atoms with E-state index in [-0.39, 0.29) is 0 Å². The van der Waals surface area contributed by atoms with Gasteiger partial charge in [0.15, 0.2) is 0 Å². The van der Waals surface area contributed by atoms with E-state index in [1.165, 1.54) is 18.5 Å². The minimum absolute atomic E-state index is 0.784. The third kappa shape index (κ3) is 3.04. The first-order chi connectivity index (χ1) is 7.36. The summed E-state index contributed by atoms with van der Waals surface area (Å²) in [5.74, 6) is 0.784. The second-order valence-corrected chi connectivity index (χ2v) is 4.18. The van der Waals surface area contributed by atoms with Crippen LogP contribution in [0.4, 0.5) is 0 Å². The van der Waals surface area contributed by atoms with Gasteiger partial charge in [0, 0.05) is 33.0 Å². The molecule has 0 aliphatic carbocycles. The molecule has 0 atom stereocenters. The molecule has 1 aromatic heterocycles. The molecule has 0 unspecified atom stereocenters. The maximum Gasteiger partial charge on any atom is 0.0945 e. The van der Waals surface area contributed by atoms with Gasteiger partial charge in [-0.3, -0.25) is 0 Å². The summed E-state index contributed by atoms with van der Waals surface area (Å²) in [6, 6.07) is 0. The van der Waals surface area contributed by atoms with Crippen molar-refractivity contribution in [1.82, 2.24) is 14.9 Å². The molecule has 1 aromatic rings. The molecular formula is C11H19N3O. The van der Waals surface area contributed by atoms with E-state index in [9.17, 15) is 0 Å². The van der Waals surface area contributed by atoms with E-state index in [1.54, 1.807) is 0 Å². The Morgan fingerprint density at radius 2 is 2.33 bits per heavy atom. The lowest BCUT2D eigenvalue weighted by Gasteiger charge is -2.22. The number of aromatic nitrogens is 2. The second-order valence-electron chi connectivity index (χ2n) is 4.18. The van der Waals surface area contributed by atoms with Crippen molar-refractivity contribution in [2.24, 2.45) is 13.0 Å². The minimum Gasteiger partial charge on any atom is -0.381 e. The van der Waals surface area contributed by atoms with E-state index in [4.69, 9.17) is 4.74 Å². The predicted molar refractivity (Wildman–Crippen MR) is 58.5 cm³/mol. The zero-order chi connectivity index (χ0) is 10.5. The summed E-state index contributed by atoms with van der Waals surface area (Å²) in [5.41, 5.74) is 1.24. The molecule has 0 spiro atoms. The Labute approximate surface area is 90.6 Å². The first-order valence-electron chi connectivity index (χ1n) is 5.60. The van der Waals surface area contributed by atoms with Crippen molar-refractivity contribution in [2.45, 2.75) is 19.4 Å². The molecule has 1 aliphatic rings. The summed E-state index contributed by atoms with van der Waals surface area (Å²) in [6.45, 7) is 3.86. The molecule has 1 fully saturated rings. The van der Waals surface area contributed by atoms with E-state index < -0.39 is 0 Å². The number of aryl methyl sites for hydroxylation is 1. The lowest BCUT2D eigenvalue weighted by Crippen LogP contribution is -2.27. The van der Waals surface area contributed by atoms with Gasteiger partial charge in [-0.25, -0.2) is 4.98 Å². The van der Waals surface area contributed by atoms with Gasteiger partial charge in [-0.2, -0.15) is 0 Å². The van der Waals surface area contributed by atoms with Gasteiger partial charge in [-0.15, -0.1) is 0 Å². The summed E-state index contributed by atoms with van der Waals surface area (Å²) >= 11 is 0. The van der Waals surface area contributed by atoms with Crippen LogP contribution in [0.3, 0.4) is 0 Å². The van der Waals surface area contributed by atoms with E-state index in [0.717, 1.165) is 32.2 Å². The number of hydrogen-bond acceptors (Lipinski definition) is 3. The van der Waals surface area contributed by atoms with E-state index in [2.05, 4.69) is 14.9 Å². The Hall–Kier alpha value is -0.870. The quantitative estimate of drug-likeness (QED) is 0.802. The van der Waals surface area contributed by atoms with Gasteiger partial charge in [-0.1, -0.05) is 0 Å². The van der Waals surface area contributed by atoms with Gasteiger partial charge >= 0.3 is 0 Å². The van der Waals surface area contributed by atoms with Crippen molar-refractivity contribution in [1.29, 1.82) is 0 Å². The van der Waals surface area contributed by atoms with Crippen molar-refractivity contribution in [3.05, 3.63) is 18.2 Å². The zero-order valence-electron chi connectivity index (χ0n) is 9.28. The average molecular weight is 209 g/mol. The molecule has 1 saturated heterocycles. The first kappa shape index (κ1) is 10.6. The summed E-state index contributed by atoms with van der Waals surface area (Å²) in [7, 11) is 2.03. The van der Waals surface area contributed by atoms with Gasteiger partial charge in [0.2, 0.25) is 0 Å². The van der Waals surface area contributed by atoms with Crippen molar-refractivity contribution in [3.8, 4) is 0 Å². The van der Waals surface area contributed by atoms with Gasteiger partial charge in [0.05, 0.1) is 12.0 Å². The number of rotatable bonds is 4. The third-order valence-corrected chi connectivity index (χ3v) is 3.00. The maximum absolute atomic E-state index is 5.33. The molecule has 2 rings (SSSR count). The zero-order valence-corrected chi connectivity index (χ0v) is 9.28. The smallest absolute Gasteiger partial charge is 0.0945 e. The van der Waals surface area contributed by atoms with Crippen LogP contribution >= 0.6 is 0 Å². The molecule has 0 aromatic carbocycles. The Kier molecular flexibility index (Phi) is 3.75. The number of hydrogen-bond donors (Lipinski definition) is 1. The molecule has 0 bridgehead atoms. The number of imidazole rings is 1. The lowest BCUT2D eigenvalue weighted by atomic mass is 10.0. The average Bonchev–Trinajstić information content (AvgIpc) is 2.66. The number of nitrogens with zero attached hydrogens (tertiary/aromatic N) is 2. The summed E-state index contributed by atoms with van der Waals surface area (Å²) < 4.78 is 7.38. The Morgan fingerprint density at radius 3 is 3.00 bits per heavy atom. The van der Waals surface area contributed by atoms with Crippen LogP contribution in [-0.2, 0) is 18.3 Å². The molecule has 1 aliphatic heterocycles. The molecule has 1 N–H and O–H groups in total. The van der Waals surface area contributed by atoms with Gasteiger partial charge < -0.3 is 14.6 Å². The highest BCUT2D eigenvalue weighted by atomic mass is 16.5. The summed E-state index contributed by atoms with van der Waals surface area (Å²) in [6.07, 6.45) is 6.14. The molecule has 15 heavy (non-hydrogen) atoms. The largest absolute Gasteiger partial charge is 0.381 e. The molecule has 84 valence electrons. The van der Waals surface area contributed by atoms with Crippen molar-refractivity contribution in [3.63, 3.8) is 0 Å². The third-order valence-electron chi connectivity index (χ3n) is 3.00. The highest BCUT2D eigenvalue weighted by Crippen LogP contribution is 2.13. The molecule has 0 radical (unpaired) electrons. The highest BCUT2D eigenvalue weighted by molar-refractivity contribution is 4.96. The molecule has 0 saturated carbocycles. The van der Waals surface area contributed by atoms with Crippen molar-refractivity contribution < 1.29 is 4.74 Å². The summed E-state index contributed by atoms with van der Waals surface area (Å²) in [4.78, 5) is 4.09. The second kappa shape index (κ2) is 5.28. The predicted octanol–water partition coefficient (Wildman–Crippen LogP) is 0.936. The van der Waals surface area contributed by atoms with Crippen LogP contribution in [0.25, 0.3) is 0 Å². The monoisotopic (exact) mass is 209 g/mol. The van der Waals surface area contributed by atoms with Crippen molar-refractivity contribution in [2.75, 3.05) is 19.8 Å². The molecular weight excluding hydrogens is 190 g/mol. The van der Waals surface area contributed by atoms with Gasteiger partial charge in [-0.05, 0) is 25.3 Å². The fourth-order valence-electron chi connectivity index (χ4n) is 1.91. The van der Waals surface area contributed by atoms with Crippen LogP contribution < -0.4 is 5.32 Å². The lowest BCUT2D eigenvalue weighted by molar-refractivity contribution is 0.0662. The molecule has 0 amide bonds. The van der Waals surface area contributed by atoms with Crippen LogP contribution in [0, 0.1) is 5.92 Å². The highest BCUT2D eigenvalue weighted by Gasteiger charge is 2.12. The maximum atomic E-state index is 5.33. The minimum atomic E-state index is 0.784. The first-order valence-corrected chi connectivity index (χ1v) is 5.60. The van der Waals surface area contributed by atoms with E-state index >= 15 is 0 Å². The van der Waals surface area contributed by atoms with E-state index in [0.29, 0.717) is 0 Å². The van der Waals surface area contributed by atoms with Gasteiger partial charge in [0.1, 0.15) is 0 Å². The fourth-order valence-corrected chi connectivity index (χ4v) is 1.91. The SMILES string of the molecule is Cn1cncc1CNCC1CCOCC1. The Morgan fingerprint density at radius 1 is 1.53 bits per heavy atom. The topological polar surface area (TPSA) is 39.1 Å². The van der Waals surface area contributed by atoms with Crippen LogP contribution in [0.1, 0.15) is 18.5 Å².